The van der Waals surface area contributed by atoms with Crippen molar-refractivity contribution in [3.63, 3.8) is 0 Å². The van der Waals surface area contributed by atoms with E-state index in [0.717, 1.165) is 17.8 Å². The molecule has 2 fully saturated rings. The van der Waals surface area contributed by atoms with Crippen molar-refractivity contribution in [2.75, 3.05) is 20.1 Å². The standard InChI is InChI=1S/C14H20N2OS/c1-15-8-2-5-11(15)12-6-3-9-16(12)14(17)13-7-4-10-18-13/h4,7,10-12H,2-3,5-6,8-9H2,1H3/t11-,12+/m0/s1. The van der Waals surface area contributed by atoms with Gasteiger partial charge in [0.1, 0.15) is 0 Å². The summed E-state index contributed by atoms with van der Waals surface area (Å²) in [5, 5.41) is 1.99. The highest BCUT2D eigenvalue weighted by Crippen LogP contribution is 2.30. The van der Waals surface area contributed by atoms with Crippen LogP contribution in [0.15, 0.2) is 17.5 Å². The van der Waals surface area contributed by atoms with Crippen LogP contribution in [0.5, 0.6) is 0 Å². The second-order valence-electron chi connectivity index (χ2n) is 5.38. The minimum atomic E-state index is 0.243. The molecule has 0 radical (unpaired) electrons. The highest BCUT2D eigenvalue weighted by Gasteiger charge is 2.38. The van der Waals surface area contributed by atoms with Crippen molar-refractivity contribution < 1.29 is 4.79 Å². The van der Waals surface area contributed by atoms with E-state index in [-0.39, 0.29) is 5.91 Å². The lowest BCUT2D eigenvalue weighted by Gasteiger charge is -2.33. The van der Waals surface area contributed by atoms with Gasteiger partial charge in [-0.1, -0.05) is 6.07 Å². The summed E-state index contributed by atoms with van der Waals surface area (Å²) >= 11 is 1.56. The molecule has 0 N–H and O–H groups in total. The molecule has 1 aromatic rings. The average molecular weight is 264 g/mol. The molecule has 2 atom stereocenters. The smallest absolute Gasteiger partial charge is 0.264 e. The SMILES string of the molecule is CN1CCC[C@H]1[C@H]1CCCN1C(=O)c1cccs1. The molecule has 18 heavy (non-hydrogen) atoms. The second kappa shape index (κ2) is 5.02. The third-order valence-electron chi connectivity index (χ3n) is 4.31. The molecule has 3 rings (SSSR count). The third-order valence-corrected chi connectivity index (χ3v) is 5.17. The zero-order chi connectivity index (χ0) is 12.5. The average Bonchev–Trinajstić information content (AvgIpc) is 3.09. The summed E-state index contributed by atoms with van der Waals surface area (Å²) in [6.45, 7) is 2.12. The molecule has 2 aliphatic rings. The van der Waals surface area contributed by atoms with Crippen LogP contribution in [0.1, 0.15) is 35.4 Å². The summed E-state index contributed by atoms with van der Waals surface area (Å²) in [6, 6.07) is 4.93. The van der Waals surface area contributed by atoms with Crippen LogP contribution in [0.3, 0.4) is 0 Å². The van der Waals surface area contributed by atoms with Gasteiger partial charge < -0.3 is 9.80 Å². The Bertz CT molecular complexity index is 417. The largest absolute Gasteiger partial charge is 0.333 e. The van der Waals surface area contributed by atoms with Gasteiger partial charge in [-0.15, -0.1) is 11.3 Å². The molecule has 0 spiro atoms. The molecule has 3 heterocycles. The summed E-state index contributed by atoms with van der Waals surface area (Å²) in [6.07, 6.45) is 4.85. The van der Waals surface area contributed by atoms with Crippen LogP contribution in [0, 0.1) is 0 Å². The number of carbonyl (C=O) groups is 1. The molecule has 0 bridgehead atoms. The van der Waals surface area contributed by atoms with Crippen LogP contribution in [-0.4, -0.2) is 47.9 Å². The van der Waals surface area contributed by atoms with Crippen LogP contribution in [0.25, 0.3) is 0 Å². The number of likely N-dealkylation sites (tertiary alicyclic amines) is 2. The van der Waals surface area contributed by atoms with E-state index in [0.29, 0.717) is 12.1 Å². The van der Waals surface area contributed by atoms with E-state index in [1.165, 1.54) is 25.8 Å². The Morgan fingerprint density at radius 1 is 1.28 bits per heavy atom. The fourth-order valence-corrected chi connectivity index (χ4v) is 4.09. The number of likely N-dealkylation sites (N-methyl/N-ethyl adjacent to an activating group) is 1. The van der Waals surface area contributed by atoms with E-state index in [9.17, 15) is 4.79 Å². The Balaban J connectivity index is 1.77. The molecule has 0 aliphatic carbocycles. The van der Waals surface area contributed by atoms with Gasteiger partial charge in [0, 0.05) is 18.6 Å². The monoisotopic (exact) mass is 264 g/mol. The molecule has 3 nitrogen and oxygen atoms in total. The lowest BCUT2D eigenvalue weighted by atomic mass is 10.0. The van der Waals surface area contributed by atoms with Gasteiger partial charge >= 0.3 is 0 Å². The fourth-order valence-electron chi connectivity index (χ4n) is 3.41. The number of amides is 1. The topological polar surface area (TPSA) is 23.6 Å². The first-order valence-corrected chi connectivity index (χ1v) is 7.70. The number of hydrogen-bond acceptors (Lipinski definition) is 3. The lowest BCUT2D eigenvalue weighted by molar-refractivity contribution is 0.0669. The van der Waals surface area contributed by atoms with Crippen molar-refractivity contribution in [2.24, 2.45) is 0 Å². The highest BCUT2D eigenvalue weighted by atomic mass is 32.1. The maximum absolute atomic E-state index is 12.5. The Morgan fingerprint density at radius 3 is 2.72 bits per heavy atom. The van der Waals surface area contributed by atoms with Crippen molar-refractivity contribution in [3.8, 4) is 0 Å². The molecule has 1 amide bonds. The van der Waals surface area contributed by atoms with Crippen LogP contribution < -0.4 is 0 Å². The zero-order valence-corrected chi connectivity index (χ0v) is 11.7. The van der Waals surface area contributed by atoms with Gasteiger partial charge in [0.05, 0.1) is 4.88 Å². The Kier molecular flexibility index (Phi) is 3.39. The van der Waals surface area contributed by atoms with E-state index < -0.39 is 0 Å². The maximum atomic E-state index is 12.5. The summed E-state index contributed by atoms with van der Waals surface area (Å²) in [5.74, 6) is 0.243. The van der Waals surface area contributed by atoms with Crippen LogP contribution in [0.4, 0.5) is 0 Å². The molecule has 0 unspecified atom stereocenters. The third kappa shape index (κ3) is 2.08. The predicted octanol–water partition coefficient (Wildman–Crippen LogP) is 2.45. The molecule has 98 valence electrons. The van der Waals surface area contributed by atoms with Crippen molar-refractivity contribution in [1.82, 2.24) is 9.80 Å². The maximum Gasteiger partial charge on any atom is 0.264 e. The van der Waals surface area contributed by atoms with Gasteiger partial charge in [-0.05, 0) is 50.7 Å². The number of rotatable bonds is 2. The van der Waals surface area contributed by atoms with E-state index in [4.69, 9.17) is 0 Å². The molecular formula is C14H20N2OS. The molecular weight excluding hydrogens is 244 g/mol. The van der Waals surface area contributed by atoms with Crippen molar-refractivity contribution >= 4 is 17.2 Å². The van der Waals surface area contributed by atoms with Gasteiger partial charge in [-0.3, -0.25) is 4.79 Å². The lowest BCUT2D eigenvalue weighted by Crippen LogP contribution is -2.46. The van der Waals surface area contributed by atoms with Gasteiger partial charge in [0.25, 0.3) is 5.91 Å². The fraction of sp³-hybridized carbons (Fsp3) is 0.643. The molecule has 2 aliphatic heterocycles. The summed E-state index contributed by atoms with van der Waals surface area (Å²) in [4.78, 5) is 17.9. The summed E-state index contributed by atoms with van der Waals surface area (Å²) < 4.78 is 0. The minimum absolute atomic E-state index is 0.243. The van der Waals surface area contributed by atoms with E-state index in [1.54, 1.807) is 11.3 Å². The van der Waals surface area contributed by atoms with E-state index in [2.05, 4.69) is 16.8 Å². The first-order valence-electron chi connectivity index (χ1n) is 6.82. The number of hydrogen-bond donors (Lipinski definition) is 0. The van der Waals surface area contributed by atoms with Crippen LogP contribution in [0.2, 0.25) is 0 Å². The summed E-state index contributed by atoms with van der Waals surface area (Å²) in [5.41, 5.74) is 0. The Hall–Kier alpha value is -0.870. The molecule has 4 heteroatoms. The number of carbonyl (C=O) groups excluding carboxylic acids is 1. The van der Waals surface area contributed by atoms with Crippen molar-refractivity contribution in [1.29, 1.82) is 0 Å². The first-order chi connectivity index (χ1) is 8.77. The second-order valence-corrected chi connectivity index (χ2v) is 6.32. The quantitative estimate of drug-likeness (QED) is 0.819. The van der Waals surface area contributed by atoms with Crippen molar-refractivity contribution in [3.05, 3.63) is 22.4 Å². The van der Waals surface area contributed by atoms with Crippen LogP contribution >= 0.6 is 11.3 Å². The number of nitrogens with zero attached hydrogens (tertiary/aromatic N) is 2. The van der Waals surface area contributed by atoms with E-state index >= 15 is 0 Å². The normalized spacial score (nSPS) is 29.1. The van der Waals surface area contributed by atoms with Gasteiger partial charge in [-0.25, -0.2) is 0 Å². The van der Waals surface area contributed by atoms with Gasteiger partial charge in [-0.2, -0.15) is 0 Å². The molecule has 0 saturated carbocycles. The van der Waals surface area contributed by atoms with Crippen LogP contribution in [-0.2, 0) is 0 Å². The Morgan fingerprint density at radius 2 is 2.06 bits per heavy atom. The minimum Gasteiger partial charge on any atom is -0.333 e. The van der Waals surface area contributed by atoms with Gasteiger partial charge in [0.2, 0.25) is 0 Å². The molecule has 0 aromatic carbocycles. The first kappa shape index (κ1) is 12.2. The molecule has 2 saturated heterocycles. The Labute approximate surface area is 112 Å². The van der Waals surface area contributed by atoms with Gasteiger partial charge in [0.15, 0.2) is 0 Å². The zero-order valence-electron chi connectivity index (χ0n) is 10.8. The molecule has 1 aromatic heterocycles. The van der Waals surface area contributed by atoms with E-state index in [1.807, 2.05) is 17.5 Å². The van der Waals surface area contributed by atoms with Crippen molar-refractivity contribution in [2.45, 2.75) is 37.8 Å². The number of thiophene rings is 1. The summed E-state index contributed by atoms with van der Waals surface area (Å²) in [7, 11) is 2.20. The predicted molar refractivity (Wildman–Crippen MR) is 74.0 cm³/mol. The highest BCUT2D eigenvalue weighted by molar-refractivity contribution is 7.12.